The zero-order valence-corrected chi connectivity index (χ0v) is 11.6. The number of methoxy groups -OCH3 is 1. The zero-order chi connectivity index (χ0) is 14.3. The summed E-state index contributed by atoms with van der Waals surface area (Å²) in [4.78, 5) is 11.4. The highest BCUT2D eigenvalue weighted by Crippen LogP contribution is 2.03. The number of carbonyl (C=O) groups excluding carboxylic acids is 1. The molecule has 0 aromatic carbocycles. The Bertz CT molecular complexity index is 241. The van der Waals surface area contributed by atoms with E-state index in [1.807, 2.05) is 0 Å². The third kappa shape index (κ3) is 11.9. The van der Waals surface area contributed by atoms with Crippen molar-refractivity contribution < 1.29 is 28.8 Å². The van der Waals surface area contributed by atoms with Gasteiger partial charge in [-0.1, -0.05) is 6.58 Å². The molecule has 6 nitrogen and oxygen atoms in total. The Balaban J connectivity index is 3.29. The lowest BCUT2D eigenvalue weighted by molar-refractivity contribution is -0.140. The molecule has 0 aliphatic rings. The first-order chi connectivity index (χ1) is 9.22. The molecule has 0 aromatic rings. The normalized spacial score (nSPS) is 10.4. The van der Waals surface area contributed by atoms with Crippen LogP contribution < -0.4 is 0 Å². The van der Waals surface area contributed by atoms with Crippen molar-refractivity contribution in [3.05, 3.63) is 12.2 Å². The van der Waals surface area contributed by atoms with Gasteiger partial charge < -0.3 is 24.1 Å². The number of ether oxygens (including phenoxy) is 4. The van der Waals surface area contributed by atoms with Crippen molar-refractivity contribution in [2.24, 2.45) is 0 Å². The number of aliphatic hydroxyl groups excluding tert-OH is 1. The van der Waals surface area contributed by atoms with E-state index >= 15 is 0 Å². The van der Waals surface area contributed by atoms with Crippen molar-refractivity contribution >= 4 is 5.97 Å². The molecule has 0 aliphatic heterocycles. The van der Waals surface area contributed by atoms with E-state index in [0.29, 0.717) is 51.4 Å². The predicted octanol–water partition coefficient (Wildman–Crippen LogP) is 0.538. The van der Waals surface area contributed by atoms with Crippen molar-refractivity contribution in [1.29, 1.82) is 0 Å². The summed E-state index contributed by atoms with van der Waals surface area (Å²) < 4.78 is 20.2. The van der Waals surface area contributed by atoms with Crippen molar-refractivity contribution in [3.63, 3.8) is 0 Å². The van der Waals surface area contributed by atoms with Gasteiger partial charge in [0.25, 0.3) is 0 Å². The minimum absolute atomic E-state index is 0.0402. The van der Waals surface area contributed by atoms with Gasteiger partial charge in [-0.2, -0.15) is 0 Å². The molecule has 0 bridgehead atoms. The van der Waals surface area contributed by atoms with Gasteiger partial charge in [-0.25, -0.2) is 4.79 Å². The van der Waals surface area contributed by atoms with Crippen LogP contribution in [0, 0.1) is 0 Å². The summed E-state index contributed by atoms with van der Waals surface area (Å²) in [5.74, 6) is -0.437. The molecule has 0 atom stereocenters. The molecule has 0 aromatic heterocycles. The quantitative estimate of drug-likeness (QED) is 0.301. The molecule has 0 fully saturated rings. The average Bonchev–Trinajstić information content (AvgIpc) is 2.42. The van der Waals surface area contributed by atoms with Crippen LogP contribution in [0.1, 0.15) is 12.8 Å². The maximum atomic E-state index is 11.4. The topological polar surface area (TPSA) is 74.2 Å². The van der Waals surface area contributed by atoms with Crippen LogP contribution >= 0.6 is 0 Å². The van der Waals surface area contributed by atoms with Crippen LogP contribution in [0.5, 0.6) is 0 Å². The second kappa shape index (κ2) is 13.5. The summed E-state index contributed by atoms with van der Waals surface area (Å²) in [6.45, 7) is 6.19. The molecule has 6 heteroatoms. The second-order valence-electron chi connectivity index (χ2n) is 3.78. The Morgan fingerprint density at radius 1 is 1.05 bits per heavy atom. The maximum Gasteiger partial charge on any atom is 0.333 e. The van der Waals surface area contributed by atoms with Crippen LogP contribution in [-0.2, 0) is 23.7 Å². The van der Waals surface area contributed by atoms with E-state index < -0.39 is 5.97 Å². The van der Waals surface area contributed by atoms with Gasteiger partial charge in [0.05, 0.1) is 33.0 Å². The average molecular weight is 276 g/mol. The van der Waals surface area contributed by atoms with Gasteiger partial charge in [-0.15, -0.1) is 0 Å². The molecule has 0 saturated heterocycles. The van der Waals surface area contributed by atoms with E-state index in [1.165, 1.54) is 0 Å². The van der Waals surface area contributed by atoms with Crippen LogP contribution in [0.3, 0.4) is 0 Å². The first kappa shape index (κ1) is 18.0. The third-order valence-corrected chi connectivity index (χ3v) is 2.19. The molecule has 19 heavy (non-hydrogen) atoms. The highest BCUT2D eigenvalue weighted by atomic mass is 16.6. The summed E-state index contributed by atoms with van der Waals surface area (Å²) in [6, 6.07) is 0. The van der Waals surface area contributed by atoms with Gasteiger partial charge in [-0.3, -0.25) is 0 Å². The van der Waals surface area contributed by atoms with E-state index in [2.05, 4.69) is 6.58 Å². The van der Waals surface area contributed by atoms with Gasteiger partial charge >= 0.3 is 5.97 Å². The van der Waals surface area contributed by atoms with Crippen molar-refractivity contribution in [2.45, 2.75) is 12.8 Å². The lowest BCUT2D eigenvalue weighted by Gasteiger charge is -2.08. The number of rotatable bonds is 13. The van der Waals surface area contributed by atoms with E-state index in [-0.39, 0.29) is 13.2 Å². The van der Waals surface area contributed by atoms with Gasteiger partial charge in [-0.05, 0) is 12.8 Å². The van der Waals surface area contributed by atoms with Crippen LogP contribution in [0.15, 0.2) is 12.2 Å². The van der Waals surface area contributed by atoms with Crippen LogP contribution in [0.25, 0.3) is 0 Å². The summed E-state index contributed by atoms with van der Waals surface area (Å²) >= 11 is 0. The molecule has 1 N–H and O–H groups in total. The van der Waals surface area contributed by atoms with Gasteiger partial charge in [0.15, 0.2) is 0 Å². The molecular weight excluding hydrogens is 252 g/mol. The molecule has 0 spiro atoms. The lowest BCUT2D eigenvalue weighted by atomic mass is 10.2. The smallest absolute Gasteiger partial charge is 0.333 e. The minimum Gasteiger partial charge on any atom is -0.460 e. The fourth-order valence-electron chi connectivity index (χ4n) is 1.15. The van der Waals surface area contributed by atoms with E-state index in [0.717, 1.165) is 0 Å². The molecule has 112 valence electrons. The lowest BCUT2D eigenvalue weighted by Crippen LogP contribution is -2.14. The number of hydrogen-bond acceptors (Lipinski definition) is 6. The van der Waals surface area contributed by atoms with Gasteiger partial charge in [0.1, 0.15) is 6.61 Å². The minimum atomic E-state index is -0.437. The number of esters is 1. The molecule has 0 saturated carbocycles. The monoisotopic (exact) mass is 276 g/mol. The van der Waals surface area contributed by atoms with Crippen molar-refractivity contribution in [3.8, 4) is 0 Å². The van der Waals surface area contributed by atoms with Gasteiger partial charge in [0.2, 0.25) is 0 Å². The molecule has 0 rings (SSSR count). The number of carbonyl (C=O) groups is 1. The first-order valence-corrected chi connectivity index (χ1v) is 6.32. The predicted molar refractivity (Wildman–Crippen MR) is 69.9 cm³/mol. The Hall–Kier alpha value is -0.950. The van der Waals surface area contributed by atoms with Crippen molar-refractivity contribution in [1.82, 2.24) is 0 Å². The Morgan fingerprint density at radius 3 is 2.21 bits per heavy atom. The standard InChI is InChI=1S/C13H24O6/c1-12(4-3-5-14)13(15)19-11-10-18-9-8-17-7-6-16-2/h14H,1,3-11H2,2H3. The highest BCUT2D eigenvalue weighted by molar-refractivity contribution is 5.87. The maximum absolute atomic E-state index is 11.4. The first-order valence-electron chi connectivity index (χ1n) is 6.32. The second-order valence-corrected chi connectivity index (χ2v) is 3.78. The molecule has 0 heterocycles. The fraction of sp³-hybridized carbons (Fsp3) is 0.769. The molecule has 0 aliphatic carbocycles. The molecule has 0 unspecified atom stereocenters. The molecule has 0 radical (unpaired) electrons. The zero-order valence-electron chi connectivity index (χ0n) is 11.6. The number of hydrogen-bond donors (Lipinski definition) is 1. The van der Waals surface area contributed by atoms with Crippen LogP contribution in [0.4, 0.5) is 0 Å². The molecule has 0 amide bonds. The highest BCUT2D eigenvalue weighted by Gasteiger charge is 2.07. The van der Waals surface area contributed by atoms with Crippen LogP contribution in [-0.4, -0.2) is 64.4 Å². The Morgan fingerprint density at radius 2 is 1.63 bits per heavy atom. The van der Waals surface area contributed by atoms with E-state index in [1.54, 1.807) is 7.11 Å². The fourth-order valence-corrected chi connectivity index (χ4v) is 1.15. The summed E-state index contributed by atoms with van der Waals surface area (Å²) in [5, 5.41) is 8.61. The summed E-state index contributed by atoms with van der Waals surface area (Å²) in [5.41, 5.74) is 0.372. The van der Waals surface area contributed by atoms with E-state index in [4.69, 9.17) is 24.1 Å². The third-order valence-electron chi connectivity index (χ3n) is 2.19. The van der Waals surface area contributed by atoms with Crippen LogP contribution in [0.2, 0.25) is 0 Å². The SMILES string of the molecule is C=C(CCCO)C(=O)OCCOCCOCCOC. The summed E-state index contributed by atoms with van der Waals surface area (Å²) in [7, 11) is 1.61. The van der Waals surface area contributed by atoms with E-state index in [9.17, 15) is 4.79 Å². The largest absolute Gasteiger partial charge is 0.460 e. The van der Waals surface area contributed by atoms with Crippen molar-refractivity contribution in [2.75, 3.05) is 53.4 Å². The summed E-state index contributed by atoms with van der Waals surface area (Å²) in [6.07, 6.45) is 0.965. The van der Waals surface area contributed by atoms with Gasteiger partial charge in [0, 0.05) is 19.3 Å². The Labute approximate surface area is 114 Å². The molecular formula is C13H24O6. The number of aliphatic hydroxyl groups is 1. The Kier molecular flexibility index (Phi) is 12.8.